The van der Waals surface area contributed by atoms with E-state index in [0.717, 1.165) is 12.5 Å². The molecule has 1 heterocycles. The predicted molar refractivity (Wildman–Crippen MR) is 70.7 cm³/mol. The summed E-state index contributed by atoms with van der Waals surface area (Å²) in [5, 5.41) is 7.98. The highest BCUT2D eigenvalue weighted by Crippen LogP contribution is 2.48. The number of rotatable bonds is 4. The molecule has 1 N–H and O–H groups in total. The SMILES string of the molecule is CCNC(c1ccnn1C)C1CCCC1(C)C. The molecule has 0 saturated heterocycles. The molecule has 0 aromatic carbocycles. The Morgan fingerprint density at radius 1 is 1.59 bits per heavy atom. The summed E-state index contributed by atoms with van der Waals surface area (Å²) in [5.41, 5.74) is 1.77. The molecule has 3 nitrogen and oxygen atoms in total. The van der Waals surface area contributed by atoms with Crippen molar-refractivity contribution < 1.29 is 0 Å². The maximum absolute atomic E-state index is 4.32. The van der Waals surface area contributed by atoms with Crippen LogP contribution in [0.25, 0.3) is 0 Å². The Hall–Kier alpha value is -0.830. The predicted octanol–water partition coefficient (Wildman–Crippen LogP) is 2.90. The lowest BCUT2D eigenvalue weighted by Gasteiger charge is -2.34. The first-order valence-corrected chi connectivity index (χ1v) is 6.77. The van der Waals surface area contributed by atoms with Crippen LogP contribution in [0.3, 0.4) is 0 Å². The Labute approximate surface area is 105 Å². The van der Waals surface area contributed by atoms with Gasteiger partial charge in [0, 0.05) is 13.2 Å². The van der Waals surface area contributed by atoms with Crippen LogP contribution in [-0.4, -0.2) is 16.3 Å². The highest BCUT2D eigenvalue weighted by Gasteiger charge is 2.40. The standard InChI is InChI=1S/C14H25N3/c1-5-15-13(12-8-10-16-17(12)4)11-7-6-9-14(11,2)3/h8,10-11,13,15H,5-7,9H2,1-4H3. The summed E-state index contributed by atoms with van der Waals surface area (Å²) in [4.78, 5) is 0. The Morgan fingerprint density at radius 2 is 2.35 bits per heavy atom. The van der Waals surface area contributed by atoms with Gasteiger partial charge in [-0.3, -0.25) is 4.68 Å². The first-order valence-electron chi connectivity index (χ1n) is 6.77. The average Bonchev–Trinajstić information content (AvgIpc) is 2.81. The van der Waals surface area contributed by atoms with Crippen molar-refractivity contribution in [3.8, 4) is 0 Å². The van der Waals surface area contributed by atoms with E-state index in [1.807, 2.05) is 17.9 Å². The molecule has 0 radical (unpaired) electrons. The van der Waals surface area contributed by atoms with E-state index in [1.165, 1.54) is 25.0 Å². The van der Waals surface area contributed by atoms with Crippen LogP contribution >= 0.6 is 0 Å². The van der Waals surface area contributed by atoms with Crippen molar-refractivity contribution in [2.24, 2.45) is 18.4 Å². The van der Waals surface area contributed by atoms with Crippen molar-refractivity contribution in [1.29, 1.82) is 0 Å². The van der Waals surface area contributed by atoms with Crippen LogP contribution in [0.4, 0.5) is 0 Å². The number of hydrogen-bond donors (Lipinski definition) is 1. The first-order chi connectivity index (χ1) is 8.06. The molecule has 1 aromatic rings. The zero-order valence-electron chi connectivity index (χ0n) is 11.5. The third-order valence-electron chi connectivity index (χ3n) is 4.34. The van der Waals surface area contributed by atoms with E-state index in [4.69, 9.17) is 0 Å². The van der Waals surface area contributed by atoms with Crippen LogP contribution in [0.1, 0.15) is 51.8 Å². The summed E-state index contributed by atoms with van der Waals surface area (Å²) in [7, 11) is 2.04. The van der Waals surface area contributed by atoms with Gasteiger partial charge in [0.2, 0.25) is 0 Å². The largest absolute Gasteiger partial charge is 0.309 e. The molecule has 1 fully saturated rings. The molecular weight excluding hydrogens is 210 g/mol. The van der Waals surface area contributed by atoms with Crippen molar-refractivity contribution in [3.05, 3.63) is 18.0 Å². The average molecular weight is 235 g/mol. The minimum Gasteiger partial charge on any atom is -0.309 e. The van der Waals surface area contributed by atoms with Gasteiger partial charge in [-0.2, -0.15) is 5.10 Å². The Bertz CT molecular complexity index is 367. The van der Waals surface area contributed by atoms with E-state index in [2.05, 4.69) is 37.3 Å². The molecule has 1 aromatic heterocycles. The summed E-state index contributed by atoms with van der Waals surface area (Å²) in [6.45, 7) is 8.02. The van der Waals surface area contributed by atoms with Crippen molar-refractivity contribution in [2.45, 2.75) is 46.1 Å². The molecule has 0 aliphatic heterocycles. The van der Waals surface area contributed by atoms with Crippen LogP contribution in [0.15, 0.2) is 12.3 Å². The zero-order valence-corrected chi connectivity index (χ0v) is 11.5. The minimum atomic E-state index is 0.442. The fourth-order valence-corrected chi connectivity index (χ4v) is 3.33. The van der Waals surface area contributed by atoms with E-state index in [9.17, 15) is 0 Å². The second-order valence-electron chi connectivity index (χ2n) is 5.90. The van der Waals surface area contributed by atoms with Crippen LogP contribution in [0, 0.1) is 11.3 Å². The number of aryl methyl sites for hydroxylation is 1. The lowest BCUT2D eigenvalue weighted by atomic mass is 9.76. The number of hydrogen-bond acceptors (Lipinski definition) is 2. The van der Waals surface area contributed by atoms with E-state index >= 15 is 0 Å². The summed E-state index contributed by atoms with van der Waals surface area (Å²) in [6.07, 6.45) is 5.94. The van der Waals surface area contributed by atoms with Crippen LogP contribution in [0.2, 0.25) is 0 Å². The molecule has 2 unspecified atom stereocenters. The monoisotopic (exact) mass is 235 g/mol. The number of nitrogens with one attached hydrogen (secondary N) is 1. The minimum absolute atomic E-state index is 0.442. The van der Waals surface area contributed by atoms with Gasteiger partial charge in [-0.05, 0) is 36.8 Å². The van der Waals surface area contributed by atoms with E-state index < -0.39 is 0 Å². The van der Waals surface area contributed by atoms with Gasteiger partial charge in [-0.25, -0.2) is 0 Å². The van der Waals surface area contributed by atoms with Gasteiger partial charge < -0.3 is 5.32 Å². The Kier molecular flexibility index (Phi) is 3.57. The van der Waals surface area contributed by atoms with Gasteiger partial charge in [0.05, 0.1) is 11.7 Å². The molecule has 1 aliphatic carbocycles. The maximum Gasteiger partial charge on any atom is 0.0553 e. The molecule has 0 bridgehead atoms. The van der Waals surface area contributed by atoms with Crippen molar-refractivity contribution in [2.75, 3.05) is 6.54 Å². The van der Waals surface area contributed by atoms with Crippen LogP contribution < -0.4 is 5.32 Å². The summed E-state index contributed by atoms with van der Waals surface area (Å²) in [5.74, 6) is 0.720. The molecule has 96 valence electrons. The highest BCUT2D eigenvalue weighted by atomic mass is 15.3. The summed E-state index contributed by atoms with van der Waals surface area (Å²) >= 11 is 0. The molecule has 1 saturated carbocycles. The number of nitrogens with zero attached hydrogens (tertiary/aromatic N) is 2. The van der Waals surface area contributed by atoms with Gasteiger partial charge in [0.15, 0.2) is 0 Å². The van der Waals surface area contributed by atoms with Gasteiger partial charge in [-0.15, -0.1) is 0 Å². The van der Waals surface area contributed by atoms with E-state index in [0.29, 0.717) is 11.5 Å². The molecule has 2 rings (SSSR count). The normalized spacial score (nSPS) is 25.1. The second-order valence-corrected chi connectivity index (χ2v) is 5.90. The summed E-state index contributed by atoms with van der Waals surface area (Å²) in [6, 6.07) is 2.60. The van der Waals surface area contributed by atoms with Crippen molar-refractivity contribution in [3.63, 3.8) is 0 Å². The van der Waals surface area contributed by atoms with Crippen LogP contribution in [-0.2, 0) is 7.05 Å². The molecule has 0 spiro atoms. The van der Waals surface area contributed by atoms with Crippen LogP contribution in [0.5, 0.6) is 0 Å². The molecule has 2 atom stereocenters. The van der Waals surface area contributed by atoms with Crippen molar-refractivity contribution in [1.82, 2.24) is 15.1 Å². The maximum atomic E-state index is 4.32. The number of aromatic nitrogens is 2. The van der Waals surface area contributed by atoms with Gasteiger partial charge >= 0.3 is 0 Å². The first kappa shape index (κ1) is 12.6. The third-order valence-corrected chi connectivity index (χ3v) is 4.34. The topological polar surface area (TPSA) is 29.9 Å². The second kappa shape index (κ2) is 4.81. The van der Waals surface area contributed by atoms with E-state index in [-0.39, 0.29) is 0 Å². The molecule has 0 amide bonds. The molecule has 1 aliphatic rings. The smallest absolute Gasteiger partial charge is 0.0553 e. The van der Waals surface area contributed by atoms with Crippen molar-refractivity contribution >= 4 is 0 Å². The lowest BCUT2D eigenvalue weighted by molar-refractivity contribution is 0.193. The summed E-state index contributed by atoms with van der Waals surface area (Å²) < 4.78 is 2.02. The Morgan fingerprint density at radius 3 is 2.82 bits per heavy atom. The fraction of sp³-hybridized carbons (Fsp3) is 0.786. The van der Waals surface area contributed by atoms with Gasteiger partial charge in [-0.1, -0.05) is 27.2 Å². The van der Waals surface area contributed by atoms with Gasteiger partial charge in [0.25, 0.3) is 0 Å². The fourth-order valence-electron chi connectivity index (χ4n) is 3.33. The molecular formula is C14H25N3. The zero-order chi connectivity index (χ0) is 12.5. The van der Waals surface area contributed by atoms with E-state index in [1.54, 1.807) is 0 Å². The Balaban J connectivity index is 2.26. The molecule has 17 heavy (non-hydrogen) atoms. The van der Waals surface area contributed by atoms with Gasteiger partial charge in [0.1, 0.15) is 0 Å². The molecule has 3 heteroatoms. The highest BCUT2D eigenvalue weighted by molar-refractivity contribution is 5.11. The quantitative estimate of drug-likeness (QED) is 0.869. The third kappa shape index (κ3) is 2.39. The lowest BCUT2D eigenvalue weighted by Crippen LogP contribution is -2.35.